The summed E-state index contributed by atoms with van der Waals surface area (Å²) in [6.07, 6.45) is 2.90. The zero-order valence-corrected chi connectivity index (χ0v) is 12.6. The Balaban J connectivity index is 1.68. The van der Waals surface area contributed by atoms with Crippen LogP contribution in [-0.4, -0.2) is 23.4 Å². The zero-order chi connectivity index (χ0) is 15.0. The Morgan fingerprint density at radius 2 is 1.86 bits per heavy atom. The van der Waals surface area contributed by atoms with Gasteiger partial charge in [0.2, 0.25) is 11.8 Å². The van der Waals surface area contributed by atoms with Crippen LogP contribution in [0.25, 0.3) is 0 Å². The number of aryl methyl sites for hydroxylation is 1. The summed E-state index contributed by atoms with van der Waals surface area (Å²) < 4.78 is 0. The highest BCUT2D eigenvalue weighted by Crippen LogP contribution is 2.38. The van der Waals surface area contributed by atoms with E-state index in [-0.39, 0.29) is 30.3 Å². The molecule has 1 aliphatic heterocycles. The highest BCUT2D eigenvalue weighted by Gasteiger charge is 2.48. The Morgan fingerprint density at radius 3 is 2.57 bits per heavy atom. The van der Waals surface area contributed by atoms with Gasteiger partial charge in [-0.25, -0.2) is 0 Å². The van der Waals surface area contributed by atoms with Crippen molar-refractivity contribution in [1.82, 2.24) is 4.90 Å². The van der Waals surface area contributed by atoms with Gasteiger partial charge in [-0.3, -0.25) is 14.5 Å². The van der Waals surface area contributed by atoms with E-state index in [9.17, 15) is 9.59 Å². The predicted octanol–water partition coefficient (Wildman–Crippen LogP) is 2.88. The number of carbonyl (C=O) groups is 2. The summed E-state index contributed by atoms with van der Waals surface area (Å²) in [6.45, 7) is 2.23. The first-order valence-electron chi connectivity index (χ1n) is 7.06. The Kier molecular flexibility index (Phi) is 3.72. The smallest absolute Gasteiger partial charge is 0.234 e. The van der Waals surface area contributed by atoms with Gasteiger partial charge in [0.1, 0.15) is 0 Å². The number of hydrogen-bond donors (Lipinski definition) is 1. The molecule has 1 aromatic rings. The Labute approximate surface area is 128 Å². The number of benzene rings is 1. The maximum Gasteiger partial charge on any atom is 0.234 e. The van der Waals surface area contributed by atoms with Crippen LogP contribution in [0.4, 0.5) is 5.69 Å². The molecule has 1 heterocycles. The Morgan fingerprint density at radius 1 is 1.19 bits per heavy atom. The lowest BCUT2D eigenvalue weighted by atomic mass is 9.85. The van der Waals surface area contributed by atoms with Crippen LogP contribution in [0.1, 0.15) is 18.4 Å². The normalized spacial score (nSPS) is 24.9. The quantitative estimate of drug-likeness (QED) is 0.874. The number of rotatable bonds is 3. The predicted molar refractivity (Wildman–Crippen MR) is 81.7 cm³/mol. The molecule has 0 aromatic heterocycles. The Bertz CT molecular complexity index is 609. The molecule has 21 heavy (non-hydrogen) atoms. The first-order chi connectivity index (χ1) is 10.1. The molecule has 2 aliphatic rings. The largest absolute Gasteiger partial charge is 0.367 e. The summed E-state index contributed by atoms with van der Waals surface area (Å²) >= 11 is 6.00. The summed E-state index contributed by atoms with van der Waals surface area (Å²) in [4.78, 5) is 26.0. The van der Waals surface area contributed by atoms with Crippen molar-refractivity contribution >= 4 is 29.1 Å². The van der Waals surface area contributed by atoms with Crippen LogP contribution in [0.15, 0.2) is 35.4 Å². The van der Waals surface area contributed by atoms with Gasteiger partial charge in [0, 0.05) is 10.7 Å². The van der Waals surface area contributed by atoms with Gasteiger partial charge >= 0.3 is 0 Å². The summed E-state index contributed by atoms with van der Waals surface area (Å²) in [6, 6.07) is 7.84. The number of allylic oxidation sites excluding steroid dienone is 2. The lowest BCUT2D eigenvalue weighted by Gasteiger charge is -2.17. The van der Waals surface area contributed by atoms with Crippen LogP contribution >= 0.6 is 11.6 Å². The van der Waals surface area contributed by atoms with Crippen LogP contribution < -0.4 is 5.32 Å². The maximum atomic E-state index is 12.4. The molecule has 2 atom stereocenters. The van der Waals surface area contributed by atoms with Crippen molar-refractivity contribution in [2.24, 2.45) is 11.8 Å². The van der Waals surface area contributed by atoms with Crippen LogP contribution in [0.3, 0.4) is 0 Å². The second kappa shape index (κ2) is 5.53. The number of fused-ring (bicyclic) bond motifs is 1. The lowest BCUT2D eigenvalue weighted by molar-refractivity contribution is -0.139. The number of nitrogens with zero attached hydrogens (tertiary/aromatic N) is 1. The minimum Gasteiger partial charge on any atom is -0.367 e. The van der Waals surface area contributed by atoms with Crippen molar-refractivity contribution in [3.05, 3.63) is 40.9 Å². The second-order valence-corrected chi connectivity index (χ2v) is 6.09. The average Bonchev–Trinajstić information content (AvgIpc) is 2.70. The molecule has 110 valence electrons. The SMILES string of the molecule is Cc1ccc(NCN2C(=O)[C@H]3CC(Cl)=CC[C@H]3C2=O)cc1. The number of nitrogens with one attached hydrogen (secondary N) is 1. The Hall–Kier alpha value is -1.81. The van der Waals surface area contributed by atoms with Crippen molar-refractivity contribution in [3.8, 4) is 0 Å². The number of likely N-dealkylation sites (tertiary alicyclic amines) is 1. The molecule has 1 aliphatic carbocycles. The standard InChI is InChI=1S/C16H17ClN2O2/c1-10-2-5-12(6-3-10)18-9-19-15(20)13-7-4-11(17)8-14(13)16(19)21/h2-6,13-14,18H,7-9H2,1H3/t13-,14+/m1/s1. The molecule has 2 amide bonds. The van der Waals surface area contributed by atoms with E-state index in [1.54, 1.807) is 0 Å². The van der Waals surface area contributed by atoms with Gasteiger partial charge < -0.3 is 5.32 Å². The number of carbonyl (C=O) groups excluding carboxylic acids is 2. The molecular formula is C16H17ClN2O2. The monoisotopic (exact) mass is 304 g/mol. The minimum atomic E-state index is -0.283. The topological polar surface area (TPSA) is 49.4 Å². The van der Waals surface area contributed by atoms with Crippen molar-refractivity contribution in [2.45, 2.75) is 19.8 Å². The number of anilines is 1. The molecule has 5 heteroatoms. The first kappa shape index (κ1) is 14.1. The molecular weight excluding hydrogens is 288 g/mol. The van der Waals surface area contributed by atoms with Crippen LogP contribution in [0.5, 0.6) is 0 Å². The fraction of sp³-hybridized carbons (Fsp3) is 0.375. The van der Waals surface area contributed by atoms with E-state index in [4.69, 9.17) is 11.6 Å². The molecule has 0 bridgehead atoms. The van der Waals surface area contributed by atoms with E-state index in [2.05, 4.69) is 5.32 Å². The van der Waals surface area contributed by atoms with Gasteiger partial charge in [-0.1, -0.05) is 35.4 Å². The summed E-state index contributed by atoms with van der Waals surface area (Å²) in [5.74, 6) is -0.726. The van der Waals surface area contributed by atoms with Gasteiger partial charge in [0.05, 0.1) is 18.5 Å². The number of halogens is 1. The summed E-state index contributed by atoms with van der Waals surface area (Å²) in [5, 5.41) is 3.82. The van der Waals surface area contributed by atoms with E-state index in [1.807, 2.05) is 37.3 Å². The lowest BCUT2D eigenvalue weighted by Crippen LogP contribution is -2.35. The number of imide groups is 1. The highest BCUT2D eigenvalue weighted by atomic mass is 35.5. The van der Waals surface area contributed by atoms with Gasteiger partial charge in [-0.05, 0) is 31.9 Å². The van der Waals surface area contributed by atoms with Crippen molar-refractivity contribution in [3.63, 3.8) is 0 Å². The third-order valence-corrected chi connectivity index (χ3v) is 4.46. The van der Waals surface area contributed by atoms with Gasteiger partial charge in [0.15, 0.2) is 0 Å². The van der Waals surface area contributed by atoms with Crippen LogP contribution in [0.2, 0.25) is 0 Å². The van der Waals surface area contributed by atoms with E-state index in [0.717, 1.165) is 5.69 Å². The molecule has 4 nitrogen and oxygen atoms in total. The van der Waals surface area contributed by atoms with Crippen LogP contribution in [0, 0.1) is 18.8 Å². The fourth-order valence-electron chi connectivity index (χ4n) is 2.89. The molecule has 0 unspecified atom stereocenters. The zero-order valence-electron chi connectivity index (χ0n) is 11.8. The molecule has 0 spiro atoms. The van der Waals surface area contributed by atoms with Crippen molar-refractivity contribution < 1.29 is 9.59 Å². The van der Waals surface area contributed by atoms with Crippen LogP contribution in [-0.2, 0) is 9.59 Å². The van der Waals surface area contributed by atoms with Crippen molar-refractivity contribution in [2.75, 3.05) is 12.0 Å². The molecule has 1 N–H and O–H groups in total. The average molecular weight is 305 g/mol. The molecule has 1 aromatic carbocycles. The molecule has 3 rings (SSSR count). The van der Waals surface area contributed by atoms with E-state index in [1.165, 1.54) is 10.5 Å². The van der Waals surface area contributed by atoms with E-state index in [0.29, 0.717) is 17.9 Å². The van der Waals surface area contributed by atoms with Crippen molar-refractivity contribution in [1.29, 1.82) is 0 Å². The summed E-state index contributed by atoms with van der Waals surface area (Å²) in [7, 11) is 0. The molecule has 1 saturated heterocycles. The second-order valence-electron chi connectivity index (χ2n) is 5.61. The van der Waals surface area contributed by atoms with Gasteiger partial charge in [-0.15, -0.1) is 0 Å². The highest BCUT2D eigenvalue weighted by molar-refractivity contribution is 6.30. The molecule has 1 fully saturated rings. The molecule has 0 saturated carbocycles. The summed E-state index contributed by atoms with van der Waals surface area (Å²) in [5.41, 5.74) is 2.06. The number of hydrogen-bond acceptors (Lipinski definition) is 3. The van der Waals surface area contributed by atoms with E-state index >= 15 is 0 Å². The fourth-order valence-corrected chi connectivity index (χ4v) is 3.15. The maximum absolute atomic E-state index is 12.4. The number of amides is 2. The third kappa shape index (κ3) is 2.68. The third-order valence-electron chi connectivity index (χ3n) is 4.15. The van der Waals surface area contributed by atoms with Gasteiger partial charge in [0.25, 0.3) is 0 Å². The molecule has 0 radical (unpaired) electrons. The first-order valence-corrected chi connectivity index (χ1v) is 7.44. The minimum absolute atomic E-state index is 0.0926. The van der Waals surface area contributed by atoms with E-state index < -0.39 is 0 Å². The van der Waals surface area contributed by atoms with Gasteiger partial charge in [-0.2, -0.15) is 0 Å².